The molecule has 0 bridgehead atoms. The fraction of sp³-hybridized carbons (Fsp3) is 0.111. The molecular formula is C27H19BrClNO5. The number of ketones is 1. The highest BCUT2D eigenvalue weighted by atomic mass is 79.9. The Kier molecular flexibility index (Phi) is 6.13. The molecule has 0 radical (unpaired) electrons. The van der Waals surface area contributed by atoms with Gasteiger partial charge in [-0.15, -0.1) is 0 Å². The normalized spacial score (nSPS) is 15.8. The van der Waals surface area contributed by atoms with Crippen molar-refractivity contribution in [3.05, 3.63) is 111 Å². The molecular weight excluding hydrogens is 534 g/mol. The van der Waals surface area contributed by atoms with E-state index in [1.165, 1.54) is 4.90 Å². The standard InChI is InChI=1S/C27H19BrClNO5/c1-34-20-5-3-2-4-16(20)14-30-24(15-6-9-19(29)10-7-15)23(26(32)27(30)33)25(31)22-13-17-12-18(28)8-11-21(17)35-22/h2-13,24,32H,14H2,1H3. The molecule has 1 aliphatic heterocycles. The maximum atomic E-state index is 13.7. The summed E-state index contributed by atoms with van der Waals surface area (Å²) >= 11 is 9.50. The average Bonchev–Trinajstić information content (AvgIpc) is 3.39. The second kappa shape index (κ2) is 9.24. The lowest BCUT2D eigenvalue weighted by Gasteiger charge is -2.27. The van der Waals surface area contributed by atoms with Gasteiger partial charge in [0.05, 0.1) is 25.3 Å². The number of methoxy groups -OCH3 is 1. The van der Waals surface area contributed by atoms with Crippen molar-refractivity contribution >= 4 is 50.2 Å². The second-order valence-electron chi connectivity index (χ2n) is 8.08. The zero-order chi connectivity index (χ0) is 24.7. The predicted molar refractivity (Wildman–Crippen MR) is 136 cm³/mol. The van der Waals surface area contributed by atoms with E-state index in [-0.39, 0.29) is 17.9 Å². The number of nitrogens with zero attached hydrogens (tertiary/aromatic N) is 1. The molecule has 0 aliphatic carbocycles. The van der Waals surface area contributed by atoms with Gasteiger partial charge in [0.15, 0.2) is 11.5 Å². The molecule has 5 rings (SSSR count). The van der Waals surface area contributed by atoms with Crippen molar-refractivity contribution in [3.63, 3.8) is 0 Å². The van der Waals surface area contributed by atoms with Crippen molar-refractivity contribution in [2.45, 2.75) is 12.6 Å². The Morgan fingerprint density at radius 3 is 2.60 bits per heavy atom. The number of rotatable bonds is 6. The molecule has 0 saturated carbocycles. The van der Waals surface area contributed by atoms with Gasteiger partial charge in [-0.05, 0) is 48.0 Å². The van der Waals surface area contributed by atoms with Crippen molar-refractivity contribution in [3.8, 4) is 5.75 Å². The Morgan fingerprint density at radius 2 is 1.86 bits per heavy atom. The molecule has 4 aromatic rings. The number of carbonyl (C=O) groups is 2. The Morgan fingerprint density at radius 1 is 1.11 bits per heavy atom. The number of aliphatic hydroxyl groups is 1. The van der Waals surface area contributed by atoms with Gasteiger partial charge < -0.3 is 19.2 Å². The number of ether oxygens (including phenoxy) is 1. The molecule has 1 unspecified atom stereocenters. The minimum atomic E-state index is -0.850. The summed E-state index contributed by atoms with van der Waals surface area (Å²) in [5.41, 5.74) is 1.83. The van der Waals surface area contributed by atoms with Crippen LogP contribution in [-0.2, 0) is 11.3 Å². The van der Waals surface area contributed by atoms with Crippen LogP contribution in [-0.4, -0.2) is 28.8 Å². The summed E-state index contributed by atoms with van der Waals surface area (Å²) in [7, 11) is 1.55. The molecule has 1 N–H and O–H groups in total. The smallest absolute Gasteiger partial charge is 0.290 e. The number of halogens is 2. The van der Waals surface area contributed by atoms with Crippen LogP contribution >= 0.6 is 27.5 Å². The fourth-order valence-corrected chi connectivity index (χ4v) is 4.82. The highest BCUT2D eigenvalue weighted by Gasteiger charge is 2.44. The van der Waals surface area contributed by atoms with Crippen LogP contribution in [0.1, 0.15) is 27.7 Å². The molecule has 3 aromatic carbocycles. The van der Waals surface area contributed by atoms with Crippen molar-refractivity contribution in [1.29, 1.82) is 0 Å². The number of fused-ring (bicyclic) bond motifs is 1. The van der Waals surface area contributed by atoms with E-state index >= 15 is 0 Å². The molecule has 0 fully saturated rings. The molecule has 0 spiro atoms. The number of amides is 1. The summed E-state index contributed by atoms with van der Waals surface area (Å²) in [6, 6.07) is 20.2. The second-order valence-corrected chi connectivity index (χ2v) is 9.44. The summed E-state index contributed by atoms with van der Waals surface area (Å²) < 4.78 is 12.1. The fourth-order valence-electron chi connectivity index (χ4n) is 4.32. The van der Waals surface area contributed by atoms with Crippen LogP contribution < -0.4 is 4.74 Å². The van der Waals surface area contributed by atoms with Crippen molar-refractivity contribution in [2.24, 2.45) is 0 Å². The Balaban J connectivity index is 1.60. The summed E-state index contributed by atoms with van der Waals surface area (Å²) in [6.07, 6.45) is 0. The van der Waals surface area contributed by atoms with Crippen LogP contribution in [0.4, 0.5) is 0 Å². The van der Waals surface area contributed by atoms with Crippen molar-refractivity contribution in [2.75, 3.05) is 7.11 Å². The molecule has 2 heterocycles. The van der Waals surface area contributed by atoms with Gasteiger partial charge in [-0.3, -0.25) is 9.59 Å². The van der Waals surface area contributed by atoms with E-state index in [0.717, 1.165) is 15.4 Å². The van der Waals surface area contributed by atoms with Gasteiger partial charge in [-0.25, -0.2) is 0 Å². The van der Waals surface area contributed by atoms with Crippen LogP contribution in [0.25, 0.3) is 11.0 Å². The minimum Gasteiger partial charge on any atom is -0.503 e. The van der Waals surface area contributed by atoms with E-state index in [1.54, 1.807) is 55.6 Å². The molecule has 6 nitrogen and oxygen atoms in total. The van der Waals surface area contributed by atoms with Crippen molar-refractivity contribution in [1.82, 2.24) is 4.90 Å². The van der Waals surface area contributed by atoms with Crippen LogP contribution in [0.5, 0.6) is 5.75 Å². The first-order chi connectivity index (χ1) is 16.9. The number of Topliss-reactive ketones (excluding diaryl/α,β-unsaturated/α-hetero) is 1. The molecule has 1 aliphatic rings. The topological polar surface area (TPSA) is 80.0 Å². The minimum absolute atomic E-state index is 0.0329. The number of carbonyl (C=O) groups excluding carboxylic acids is 2. The van der Waals surface area contributed by atoms with Crippen LogP contribution in [0, 0.1) is 0 Å². The van der Waals surface area contributed by atoms with Crippen LogP contribution in [0.3, 0.4) is 0 Å². The van der Waals surface area contributed by atoms with Gasteiger partial charge in [0.1, 0.15) is 11.3 Å². The summed E-state index contributed by atoms with van der Waals surface area (Å²) in [6.45, 7) is 0.115. The number of hydrogen-bond donors (Lipinski definition) is 1. The zero-order valence-corrected chi connectivity index (χ0v) is 20.8. The largest absolute Gasteiger partial charge is 0.503 e. The van der Waals surface area contributed by atoms with Crippen LogP contribution in [0.2, 0.25) is 5.02 Å². The van der Waals surface area contributed by atoms with Gasteiger partial charge in [0.2, 0.25) is 5.78 Å². The van der Waals surface area contributed by atoms with E-state index in [0.29, 0.717) is 21.9 Å². The Hall–Kier alpha value is -3.55. The van der Waals surface area contributed by atoms with Crippen molar-refractivity contribution < 1.29 is 23.8 Å². The maximum Gasteiger partial charge on any atom is 0.290 e. The summed E-state index contributed by atoms with van der Waals surface area (Å²) in [4.78, 5) is 28.4. The van der Waals surface area contributed by atoms with E-state index in [2.05, 4.69) is 15.9 Å². The lowest BCUT2D eigenvalue weighted by atomic mass is 9.94. The zero-order valence-electron chi connectivity index (χ0n) is 18.5. The number of furan rings is 1. The SMILES string of the molecule is COc1ccccc1CN1C(=O)C(O)=C(C(=O)c2cc3cc(Br)ccc3o2)C1c1ccc(Cl)cc1. The molecule has 1 amide bonds. The lowest BCUT2D eigenvalue weighted by molar-refractivity contribution is -0.130. The van der Waals surface area contributed by atoms with Crippen LogP contribution in [0.15, 0.2) is 93.0 Å². The van der Waals surface area contributed by atoms with Gasteiger partial charge in [-0.1, -0.05) is 57.9 Å². The number of benzene rings is 3. The monoisotopic (exact) mass is 551 g/mol. The average molecular weight is 553 g/mol. The molecule has 8 heteroatoms. The first-order valence-corrected chi connectivity index (χ1v) is 11.9. The third kappa shape index (κ3) is 4.22. The summed E-state index contributed by atoms with van der Waals surface area (Å²) in [5, 5.41) is 12.2. The Bertz CT molecular complexity index is 1490. The van der Waals surface area contributed by atoms with Gasteiger partial charge in [0.25, 0.3) is 5.91 Å². The van der Waals surface area contributed by atoms with Gasteiger partial charge >= 0.3 is 0 Å². The lowest BCUT2D eigenvalue weighted by Crippen LogP contribution is -2.30. The van der Waals surface area contributed by atoms with E-state index in [1.807, 2.05) is 24.3 Å². The highest BCUT2D eigenvalue weighted by molar-refractivity contribution is 9.10. The maximum absolute atomic E-state index is 13.7. The first-order valence-electron chi connectivity index (χ1n) is 10.7. The molecule has 1 atom stereocenters. The third-order valence-electron chi connectivity index (χ3n) is 5.97. The highest BCUT2D eigenvalue weighted by Crippen LogP contribution is 2.41. The molecule has 176 valence electrons. The Labute approximate surface area is 214 Å². The van der Waals surface area contributed by atoms with E-state index in [4.69, 9.17) is 20.8 Å². The number of para-hydroxylation sites is 1. The van der Waals surface area contributed by atoms with E-state index < -0.39 is 23.5 Å². The van der Waals surface area contributed by atoms with E-state index in [9.17, 15) is 14.7 Å². The summed E-state index contributed by atoms with van der Waals surface area (Å²) in [5.74, 6) is -1.20. The number of aliphatic hydroxyl groups excluding tert-OH is 1. The van der Waals surface area contributed by atoms with Gasteiger partial charge in [0, 0.05) is 20.4 Å². The quantitative estimate of drug-likeness (QED) is 0.271. The molecule has 0 saturated heterocycles. The predicted octanol–water partition coefficient (Wildman–Crippen LogP) is 6.64. The third-order valence-corrected chi connectivity index (χ3v) is 6.71. The molecule has 35 heavy (non-hydrogen) atoms. The van der Waals surface area contributed by atoms with Gasteiger partial charge in [-0.2, -0.15) is 0 Å². The number of hydrogen-bond acceptors (Lipinski definition) is 5. The first kappa shape index (κ1) is 23.2. The molecule has 1 aromatic heterocycles.